The van der Waals surface area contributed by atoms with Gasteiger partial charge in [0.25, 0.3) is 0 Å². The standard InChI is InChI=1S/C5H5O2P.2CH3.2Y/c1-4-2-3-5(7-4)8-6;;;;/h2-3H,1H3;2*1H3;;/q;2*-1;;. The van der Waals surface area contributed by atoms with E-state index < -0.39 is 0 Å². The fraction of sp³-hybridized carbons (Fsp3) is 0.143. The Labute approximate surface area is 126 Å². The van der Waals surface area contributed by atoms with Gasteiger partial charge in [0.05, 0.1) is 0 Å². The number of aryl methyl sites for hydroxylation is 1. The fourth-order valence-corrected chi connectivity index (χ4v) is 0.787. The summed E-state index contributed by atoms with van der Waals surface area (Å²) in [6, 6.07) is 3.46. The Morgan fingerprint density at radius 2 is 1.75 bits per heavy atom. The summed E-state index contributed by atoms with van der Waals surface area (Å²) in [6.07, 6.45) is 0. The summed E-state index contributed by atoms with van der Waals surface area (Å²) in [5.41, 5.74) is 0.488. The van der Waals surface area contributed by atoms with E-state index in [1.165, 1.54) is 0 Å². The summed E-state index contributed by atoms with van der Waals surface area (Å²) in [7, 11) is -0.0464. The molecule has 1 aromatic heterocycles. The number of furan rings is 1. The van der Waals surface area contributed by atoms with Gasteiger partial charge >= 0.3 is 0 Å². The van der Waals surface area contributed by atoms with E-state index in [4.69, 9.17) is 4.42 Å². The average Bonchev–Trinajstić information content (AvgIpc) is 2.14. The van der Waals surface area contributed by atoms with Crippen molar-refractivity contribution in [3.05, 3.63) is 32.7 Å². The van der Waals surface area contributed by atoms with Gasteiger partial charge < -0.3 is 19.3 Å². The predicted molar refractivity (Wildman–Crippen MR) is 43.5 cm³/mol. The summed E-state index contributed by atoms with van der Waals surface area (Å²) in [5, 5.41) is 0. The number of hydrogen-bond acceptors (Lipinski definition) is 2. The minimum atomic E-state index is -0.0464. The topological polar surface area (TPSA) is 30.2 Å². The molecule has 0 aliphatic rings. The third kappa shape index (κ3) is 8.20. The van der Waals surface area contributed by atoms with Crippen molar-refractivity contribution in [1.29, 1.82) is 0 Å². The van der Waals surface area contributed by atoms with E-state index in [-0.39, 0.29) is 88.7 Å². The minimum Gasteiger partial charge on any atom is -0.454 e. The van der Waals surface area contributed by atoms with Gasteiger partial charge in [-0.2, -0.15) is 0 Å². The first-order valence-corrected chi connectivity index (χ1v) is 3.04. The van der Waals surface area contributed by atoms with Crippen molar-refractivity contribution in [3.63, 3.8) is 0 Å². The van der Waals surface area contributed by atoms with Crippen molar-refractivity contribution < 1.29 is 74.4 Å². The van der Waals surface area contributed by atoms with Crippen LogP contribution in [0.1, 0.15) is 5.76 Å². The molecule has 2 nitrogen and oxygen atoms in total. The van der Waals surface area contributed by atoms with Crippen molar-refractivity contribution >= 4 is 14.0 Å². The van der Waals surface area contributed by atoms with E-state index in [9.17, 15) is 4.57 Å². The maximum Gasteiger partial charge on any atom is 0.231 e. The van der Waals surface area contributed by atoms with E-state index >= 15 is 0 Å². The molecule has 0 fully saturated rings. The first-order valence-electron chi connectivity index (χ1n) is 2.23. The molecule has 2 radical (unpaired) electrons. The van der Waals surface area contributed by atoms with Gasteiger partial charge in [-0.25, -0.2) is 0 Å². The molecule has 0 aromatic carbocycles. The average molecular weight is 336 g/mol. The zero-order valence-electron chi connectivity index (χ0n) is 7.57. The Hall–Kier alpha value is 1.59. The van der Waals surface area contributed by atoms with Gasteiger partial charge in [0.2, 0.25) is 8.46 Å². The first-order chi connectivity index (χ1) is 3.83. The molecule has 1 heterocycles. The summed E-state index contributed by atoms with van der Waals surface area (Å²) in [6.45, 7) is 1.81. The molecule has 0 saturated carbocycles. The molecule has 0 unspecified atom stereocenters. The Morgan fingerprint density at radius 3 is 1.92 bits per heavy atom. The van der Waals surface area contributed by atoms with Crippen LogP contribution < -0.4 is 5.50 Å². The zero-order valence-corrected chi connectivity index (χ0v) is 14.1. The Morgan fingerprint density at radius 1 is 1.25 bits per heavy atom. The van der Waals surface area contributed by atoms with E-state index in [2.05, 4.69) is 0 Å². The summed E-state index contributed by atoms with van der Waals surface area (Å²) >= 11 is 0. The molecule has 1 rings (SSSR count). The molecule has 5 heteroatoms. The van der Waals surface area contributed by atoms with Crippen molar-refractivity contribution in [1.82, 2.24) is 0 Å². The number of rotatable bonds is 1. The van der Waals surface area contributed by atoms with E-state index in [0.717, 1.165) is 5.76 Å². The monoisotopic (exact) mass is 336 g/mol. The molecule has 0 saturated heterocycles. The van der Waals surface area contributed by atoms with Crippen molar-refractivity contribution in [3.8, 4) is 0 Å². The Balaban J connectivity index is -0.0000000800. The Bertz CT molecular complexity index is 201. The summed E-state index contributed by atoms with van der Waals surface area (Å²) in [4.78, 5) is 0. The zero-order chi connectivity index (χ0) is 5.98. The number of hydrogen-bond donors (Lipinski definition) is 0. The quantitative estimate of drug-likeness (QED) is 0.582. The van der Waals surface area contributed by atoms with Gasteiger partial charge in [-0.05, 0) is 19.1 Å². The third-order valence-electron chi connectivity index (χ3n) is 0.816. The smallest absolute Gasteiger partial charge is 0.231 e. The van der Waals surface area contributed by atoms with Crippen molar-refractivity contribution in [2.45, 2.75) is 6.92 Å². The largest absolute Gasteiger partial charge is 0.454 e. The minimum absolute atomic E-state index is 0. The van der Waals surface area contributed by atoms with Crippen LogP contribution in [0, 0.1) is 21.8 Å². The molecule has 0 bridgehead atoms. The third-order valence-corrected chi connectivity index (χ3v) is 1.24. The van der Waals surface area contributed by atoms with Gasteiger partial charge in [-0.15, -0.1) is 0 Å². The normalized spacial score (nSPS) is 6.75. The van der Waals surface area contributed by atoms with Crippen LogP contribution in [-0.2, 0) is 70.0 Å². The van der Waals surface area contributed by atoms with Crippen LogP contribution in [0.25, 0.3) is 0 Å². The predicted octanol–water partition coefficient (Wildman–Crippen LogP) is 2.40. The van der Waals surface area contributed by atoms with Gasteiger partial charge in [0.15, 0.2) is 5.50 Å². The SMILES string of the molecule is Cc1ccc(P=O)o1.[CH3-].[CH3-].[Y].[Y]. The second-order valence-electron chi connectivity index (χ2n) is 1.48. The first kappa shape index (κ1) is 23.4. The van der Waals surface area contributed by atoms with Crippen LogP contribution in [-0.4, -0.2) is 0 Å². The summed E-state index contributed by atoms with van der Waals surface area (Å²) < 4.78 is 14.9. The maximum atomic E-state index is 10.0. The van der Waals surface area contributed by atoms with Crippen LogP contribution >= 0.6 is 8.46 Å². The molecular formula is C7H11O2PY2-2. The van der Waals surface area contributed by atoms with Gasteiger partial charge in [-0.3, -0.25) is 4.57 Å². The van der Waals surface area contributed by atoms with E-state index in [1.807, 2.05) is 6.92 Å². The molecule has 12 heavy (non-hydrogen) atoms. The second-order valence-corrected chi connectivity index (χ2v) is 2.10. The van der Waals surface area contributed by atoms with Crippen LogP contribution in [0.2, 0.25) is 0 Å². The van der Waals surface area contributed by atoms with Crippen molar-refractivity contribution in [2.75, 3.05) is 0 Å². The molecule has 0 spiro atoms. The van der Waals surface area contributed by atoms with Crippen LogP contribution in [0.3, 0.4) is 0 Å². The fourth-order valence-electron chi connectivity index (χ4n) is 0.471. The summed E-state index contributed by atoms with van der Waals surface area (Å²) in [5.74, 6) is 0.795. The molecule has 0 atom stereocenters. The molecule has 0 aliphatic heterocycles. The molecule has 64 valence electrons. The molecule has 0 amide bonds. The molecule has 0 aliphatic carbocycles. The molecular weight excluding hydrogens is 325 g/mol. The molecule has 0 N–H and O–H groups in total. The molecule has 1 aromatic rings. The van der Waals surface area contributed by atoms with Crippen LogP contribution in [0.5, 0.6) is 0 Å². The maximum absolute atomic E-state index is 10.0. The van der Waals surface area contributed by atoms with Gasteiger partial charge in [-0.1, -0.05) is 0 Å². The van der Waals surface area contributed by atoms with Crippen molar-refractivity contribution in [2.24, 2.45) is 0 Å². The van der Waals surface area contributed by atoms with Gasteiger partial charge in [0.1, 0.15) is 5.76 Å². The second kappa shape index (κ2) is 12.6. The Kier molecular flexibility index (Phi) is 24.6. The van der Waals surface area contributed by atoms with E-state index in [0.29, 0.717) is 5.50 Å². The van der Waals surface area contributed by atoms with Gasteiger partial charge in [0, 0.05) is 65.4 Å². The van der Waals surface area contributed by atoms with Crippen LogP contribution in [0.4, 0.5) is 0 Å². The van der Waals surface area contributed by atoms with Crippen LogP contribution in [0.15, 0.2) is 16.5 Å². The van der Waals surface area contributed by atoms with E-state index in [1.54, 1.807) is 12.1 Å².